The molecule has 9 aromatic carbocycles. The Balaban J connectivity index is 0.935. The lowest BCUT2D eigenvalue weighted by molar-refractivity contribution is 0.353. The van der Waals surface area contributed by atoms with Crippen molar-refractivity contribution in [2.24, 2.45) is 0 Å². The molecule has 2 nitrogen and oxygen atoms in total. The molecule has 1 heterocycles. The van der Waals surface area contributed by atoms with Crippen molar-refractivity contribution in [3.05, 3.63) is 217 Å². The third-order valence-corrected chi connectivity index (χ3v) is 13.7. The van der Waals surface area contributed by atoms with E-state index in [0.29, 0.717) is 5.82 Å². The Morgan fingerprint density at radius 3 is 1.61 bits per heavy atom. The number of nitrogens with zero attached hydrogens (tertiary/aromatic N) is 2. The maximum Gasteiger partial charge on any atom is 0.160 e. The van der Waals surface area contributed by atoms with Gasteiger partial charge in [-0.15, -0.1) is 0 Å². The minimum Gasteiger partial charge on any atom is -0.228 e. The smallest absolute Gasteiger partial charge is 0.160 e. The van der Waals surface area contributed by atoms with Gasteiger partial charge in [0.1, 0.15) is 0 Å². The summed E-state index contributed by atoms with van der Waals surface area (Å²) in [5, 5.41) is 5.06. The Morgan fingerprint density at radius 1 is 0.323 bits per heavy atom. The van der Waals surface area contributed by atoms with E-state index in [2.05, 4.69) is 188 Å². The van der Waals surface area contributed by atoms with Crippen LogP contribution in [0.15, 0.2) is 206 Å². The summed E-state index contributed by atoms with van der Waals surface area (Å²) in [7, 11) is 0. The Labute approximate surface area is 363 Å². The second kappa shape index (κ2) is 14.9. The van der Waals surface area contributed by atoms with E-state index in [1.165, 1.54) is 109 Å². The van der Waals surface area contributed by atoms with Crippen molar-refractivity contribution in [2.45, 2.75) is 37.5 Å². The van der Waals surface area contributed by atoms with Crippen molar-refractivity contribution in [1.29, 1.82) is 0 Å². The molecule has 1 spiro atoms. The van der Waals surface area contributed by atoms with Crippen LogP contribution in [0.25, 0.3) is 100.0 Å². The van der Waals surface area contributed by atoms with Crippen LogP contribution >= 0.6 is 0 Å². The number of aromatic nitrogens is 2. The van der Waals surface area contributed by atoms with E-state index in [1.807, 2.05) is 18.2 Å². The summed E-state index contributed by atoms with van der Waals surface area (Å²) in [4.78, 5) is 10.3. The van der Waals surface area contributed by atoms with E-state index in [-0.39, 0.29) is 5.41 Å². The van der Waals surface area contributed by atoms with Crippen LogP contribution in [0.5, 0.6) is 0 Å². The zero-order valence-corrected chi connectivity index (χ0v) is 34.6. The van der Waals surface area contributed by atoms with Gasteiger partial charge < -0.3 is 0 Å². The first-order valence-electron chi connectivity index (χ1n) is 22.1. The number of fused-ring (bicyclic) bond motifs is 7. The Hall–Kier alpha value is -7.42. The zero-order valence-electron chi connectivity index (χ0n) is 34.6. The molecule has 0 N–H and O–H groups in total. The van der Waals surface area contributed by atoms with Crippen LogP contribution in [-0.4, -0.2) is 9.97 Å². The van der Waals surface area contributed by atoms with E-state index < -0.39 is 0 Å². The van der Waals surface area contributed by atoms with Crippen molar-refractivity contribution in [1.82, 2.24) is 9.97 Å². The summed E-state index contributed by atoms with van der Waals surface area (Å²) in [6, 6.07) is 75.3. The predicted molar refractivity (Wildman–Crippen MR) is 259 cm³/mol. The van der Waals surface area contributed by atoms with Gasteiger partial charge in [0.25, 0.3) is 0 Å². The second-order valence-electron chi connectivity index (χ2n) is 17.2. The number of hydrogen-bond donors (Lipinski definition) is 0. The van der Waals surface area contributed by atoms with Crippen LogP contribution in [0.2, 0.25) is 0 Å². The molecule has 1 saturated carbocycles. The SMILES string of the molecule is c1ccc(-c2ccc(-c3cc(-c4ccc5cccc(-c6ccc(-c7cccc8c7-c7cc9ccccc9cc7C87CCCCC7)cc6)c5c4)nc(-c4ccccc4)n3)cc2)cc1. The average molecular weight is 793 g/mol. The minimum atomic E-state index is 0.100. The summed E-state index contributed by atoms with van der Waals surface area (Å²) in [6.45, 7) is 0. The molecule has 2 aliphatic rings. The molecule has 62 heavy (non-hydrogen) atoms. The molecule has 0 aliphatic heterocycles. The fourth-order valence-corrected chi connectivity index (χ4v) is 10.6. The molecule has 1 fully saturated rings. The van der Waals surface area contributed by atoms with Gasteiger partial charge in [-0.3, -0.25) is 0 Å². The first-order chi connectivity index (χ1) is 30.7. The van der Waals surface area contributed by atoms with Crippen molar-refractivity contribution < 1.29 is 0 Å². The molecule has 0 saturated heterocycles. The third-order valence-electron chi connectivity index (χ3n) is 13.7. The van der Waals surface area contributed by atoms with Gasteiger partial charge in [0.05, 0.1) is 11.4 Å². The minimum absolute atomic E-state index is 0.100. The number of benzene rings is 9. The first-order valence-corrected chi connectivity index (χ1v) is 22.1. The lowest BCUT2D eigenvalue weighted by Crippen LogP contribution is -2.28. The van der Waals surface area contributed by atoms with E-state index in [9.17, 15) is 0 Å². The molecule has 0 atom stereocenters. The van der Waals surface area contributed by atoms with Crippen LogP contribution in [0.1, 0.15) is 43.2 Å². The predicted octanol–water partition coefficient (Wildman–Crippen LogP) is 16.0. The lowest BCUT2D eigenvalue weighted by Gasteiger charge is -2.36. The normalized spacial score (nSPS) is 13.9. The molecule has 0 amide bonds. The largest absolute Gasteiger partial charge is 0.228 e. The highest BCUT2D eigenvalue weighted by atomic mass is 14.9. The van der Waals surface area contributed by atoms with Gasteiger partial charge in [-0.1, -0.05) is 201 Å². The molecule has 10 aromatic rings. The Morgan fingerprint density at radius 2 is 0.871 bits per heavy atom. The molecule has 0 bridgehead atoms. The fraction of sp³-hybridized carbons (Fsp3) is 0.100. The molecular weight excluding hydrogens is 749 g/mol. The topological polar surface area (TPSA) is 25.8 Å². The average Bonchev–Trinajstić information content (AvgIpc) is 3.60. The van der Waals surface area contributed by atoms with Crippen LogP contribution in [-0.2, 0) is 5.41 Å². The van der Waals surface area contributed by atoms with Crippen molar-refractivity contribution in [2.75, 3.05) is 0 Å². The molecule has 0 radical (unpaired) electrons. The van der Waals surface area contributed by atoms with Crippen LogP contribution in [0, 0.1) is 0 Å². The molecule has 294 valence electrons. The Bertz CT molecular complexity index is 3290. The van der Waals surface area contributed by atoms with Crippen LogP contribution in [0.3, 0.4) is 0 Å². The van der Waals surface area contributed by atoms with Crippen LogP contribution < -0.4 is 0 Å². The van der Waals surface area contributed by atoms with Gasteiger partial charge in [0.2, 0.25) is 0 Å². The van der Waals surface area contributed by atoms with Crippen molar-refractivity contribution in [3.63, 3.8) is 0 Å². The van der Waals surface area contributed by atoms with E-state index in [0.717, 1.165) is 28.1 Å². The summed E-state index contributed by atoms with van der Waals surface area (Å²) >= 11 is 0. The molecular formula is C60H44N2. The van der Waals surface area contributed by atoms with Gasteiger partial charge in [0, 0.05) is 22.1 Å². The van der Waals surface area contributed by atoms with Crippen molar-refractivity contribution >= 4 is 21.5 Å². The fourth-order valence-electron chi connectivity index (χ4n) is 10.6. The summed E-state index contributed by atoms with van der Waals surface area (Å²) in [5.74, 6) is 0.715. The summed E-state index contributed by atoms with van der Waals surface area (Å²) < 4.78 is 0. The summed E-state index contributed by atoms with van der Waals surface area (Å²) in [6.07, 6.45) is 6.35. The maximum atomic E-state index is 5.20. The molecule has 2 aliphatic carbocycles. The molecule has 12 rings (SSSR count). The van der Waals surface area contributed by atoms with Crippen molar-refractivity contribution in [3.8, 4) is 78.4 Å². The van der Waals surface area contributed by atoms with E-state index in [4.69, 9.17) is 9.97 Å². The van der Waals surface area contributed by atoms with E-state index in [1.54, 1.807) is 0 Å². The van der Waals surface area contributed by atoms with Gasteiger partial charge in [-0.2, -0.15) is 0 Å². The van der Waals surface area contributed by atoms with Gasteiger partial charge in [0.15, 0.2) is 5.82 Å². The highest BCUT2D eigenvalue weighted by Gasteiger charge is 2.44. The standard InChI is InChI=1S/C60H44N2/c1-4-14-40(15-5-1)41-24-31-45(32-25-41)56-39-57(62-59(61-56)46-16-6-2-7-17-46)49-33-30-42-20-12-21-50(52(42)37-49)43-26-28-44(29-27-43)51-22-13-23-54-58(51)53-36-47-18-8-9-19-48(47)38-55(53)60(54)34-10-3-11-35-60/h1-2,4-9,12-33,36-39H,3,10-11,34-35H2. The van der Waals surface area contributed by atoms with Gasteiger partial charge in [-0.05, 0) is 114 Å². The monoisotopic (exact) mass is 792 g/mol. The Kier molecular flexibility index (Phi) is 8.78. The third kappa shape index (κ3) is 6.17. The van der Waals surface area contributed by atoms with Crippen LogP contribution in [0.4, 0.5) is 0 Å². The maximum absolute atomic E-state index is 5.20. The zero-order chi connectivity index (χ0) is 41.0. The second-order valence-corrected chi connectivity index (χ2v) is 17.2. The lowest BCUT2D eigenvalue weighted by atomic mass is 9.67. The highest BCUT2D eigenvalue weighted by Crippen LogP contribution is 2.58. The molecule has 0 unspecified atom stereocenters. The number of rotatable bonds is 6. The highest BCUT2D eigenvalue weighted by molar-refractivity contribution is 6.01. The van der Waals surface area contributed by atoms with Gasteiger partial charge in [-0.25, -0.2) is 9.97 Å². The first kappa shape index (κ1) is 36.4. The summed E-state index contributed by atoms with van der Waals surface area (Å²) in [5.41, 5.74) is 18.3. The van der Waals surface area contributed by atoms with E-state index >= 15 is 0 Å². The quantitative estimate of drug-likeness (QED) is 0.168. The molecule has 2 heteroatoms. The number of hydrogen-bond acceptors (Lipinski definition) is 2. The van der Waals surface area contributed by atoms with Gasteiger partial charge >= 0.3 is 0 Å². The molecule has 1 aromatic heterocycles.